The maximum absolute atomic E-state index is 14.4. The molecule has 3 aliphatic heterocycles. The highest BCUT2D eigenvalue weighted by Gasteiger charge is 2.39. The quantitative estimate of drug-likeness (QED) is 0.672. The van der Waals surface area contributed by atoms with Gasteiger partial charge in [-0.2, -0.15) is 0 Å². The Labute approximate surface area is 194 Å². The van der Waals surface area contributed by atoms with Crippen molar-refractivity contribution in [1.29, 1.82) is 0 Å². The van der Waals surface area contributed by atoms with Crippen molar-refractivity contribution in [3.63, 3.8) is 0 Å². The molecule has 0 radical (unpaired) electrons. The van der Waals surface area contributed by atoms with Crippen molar-refractivity contribution in [3.8, 4) is 5.75 Å². The molecule has 1 aromatic carbocycles. The molecule has 0 unspecified atom stereocenters. The van der Waals surface area contributed by atoms with E-state index in [1.807, 2.05) is 6.92 Å². The Morgan fingerprint density at radius 1 is 1.18 bits per heavy atom. The number of hydrogen-bond acceptors (Lipinski definition) is 6. The number of morpholine rings is 1. The smallest absolute Gasteiger partial charge is 0.320 e. The number of anilines is 1. The first-order valence-electron chi connectivity index (χ1n) is 10.9. The molecule has 1 aromatic heterocycles. The molecule has 1 fully saturated rings. The van der Waals surface area contributed by atoms with Crippen molar-refractivity contribution in [2.45, 2.75) is 38.4 Å². The Hall–Kier alpha value is -2.72. The van der Waals surface area contributed by atoms with Crippen LogP contribution < -0.4 is 10.1 Å². The molecule has 0 saturated carbocycles. The van der Waals surface area contributed by atoms with Crippen LogP contribution in [0, 0.1) is 0 Å². The van der Waals surface area contributed by atoms with Crippen LogP contribution in [0.25, 0.3) is 0 Å². The molecule has 4 heterocycles. The van der Waals surface area contributed by atoms with Crippen LogP contribution in [0.15, 0.2) is 18.2 Å². The number of hydrogen-bond donors (Lipinski definition) is 1. The van der Waals surface area contributed by atoms with Gasteiger partial charge in [0.1, 0.15) is 11.6 Å². The summed E-state index contributed by atoms with van der Waals surface area (Å²) < 4.78 is 39.7. The zero-order valence-electron chi connectivity index (χ0n) is 18.1. The fourth-order valence-electron chi connectivity index (χ4n) is 4.48. The monoisotopic (exact) mass is 479 g/mol. The van der Waals surface area contributed by atoms with Crippen LogP contribution in [0.3, 0.4) is 0 Å². The number of urea groups is 1. The van der Waals surface area contributed by atoms with Gasteiger partial charge >= 0.3 is 6.03 Å². The Kier molecular flexibility index (Phi) is 5.74. The number of aromatic nitrogens is 2. The normalized spacial score (nSPS) is 20.0. The van der Waals surface area contributed by atoms with E-state index in [9.17, 15) is 13.6 Å². The van der Waals surface area contributed by atoms with Crippen LogP contribution in [0.2, 0.25) is 5.28 Å². The molecule has 176 valence electrons. The molecule has 1 saturated heterocycles. The van der Waals surface area contributed by atoms with Crippen molar-refractivity contribution >= 4 is 23.4 Å². The lowest BCUT2D eigenvalue weighted by atomic mass is 9.96. The third-order valence-corrected chi connectivity index (χ3v) is 6.40. The molecule has 2 amide bonds. The molecule has 1 atom stereocenters. The lowest BCUT2D eigenvalue weighted by Crippen LogP contribution is -2.46. The average Bonchev–Trinajstić information content (AvgIpc) is 3.23. The van der Waals surface area contributed by atoms with Crippen LogP contribution >= 0.6 is 11.6 Å². The number of amides is 2. The number of fused-ring (bicyclic) bond motifs is 2. The zero-order chi connectivity index (χ0) is 23.2. The lowest BCUT2D eigenvalue weighted by molar-refractivity contribution is -0.0408. The molecule has 1 N–H and O–H groups in total. The van der Waals surface area contributed by atoms with Gasteiger partial charge in [0, 0.05) is 24.2 Å². The van der Waals surface area contributed by atoms with E-state index in [4.69, 9.17) is 21.1 Å². The molecule has 0 bridgehead atoms. The summed E-state index contributed by atoms with van der Waals surface area (Å²) in [4.78, 5) is 25.0. The van der Waals surface area contributed by atoms with E-state index in [0.29, 0.717) is 56.5 Å². The van der Waals surface area contributed by atoms with Crippen LogP contribution in [-0.4, -0.2) is 58.7 Å². The Balaban J connectivity index is 1.39. The molecule has 5 rings (SSSR count). The van der Waals surface area contributed by atoms with Gasteiger partial charge in [-0.25, -0.2) is 23.5 Å². The molecule has 11 heteroatoms. The van der Waals surface area contributed by atoms with Crippen molar-refractivity contribution < 1.29 is 23.0 Å². The van der Waals surface area contributed by atoms with Gasteiger partial charge in [-0.05, 0) is 24.6 Å². The summed E-state index contributed by atoms with van der Waals surface area (Å²) >= 11 is 6.17. The number of carbonyl (C=O) groups excluding carboxylic acids is 1. The van der Waals surface area contributed by atoms with E-state index >= 15 is 0 Å². The minimum absolute atomic E-state index is 0.0446. The van der Waals surface area contributed by atoms with Gasteiger partial charge in [0.25, 0.3) is 5.92 Å². The van der Waals surface area contributed by atoms with Crippen LogP contribution in [0.5, 0.6) is 5.75 Å². The highest BCUT2D eigenvalue weighted by atomic mass is 35.5. The Morgan fingerprint density at radius 3 is 2.76 bits per heavy atom. The zero-order valence-corrected chi connectivity index (χ0v) is 18.9. The summed E-state index contributed by atoms with van der Waals surface area (Å²) in [6.45, 7) is 4.59. The number of nitrogens with one attached hydrogen (secondary N) is 1. The second-order valence-corrected chi connectivity index (χ2v) is 8.74. The van der Waals surface area contributed by atoms with Gasteiger partial charge < -0.3 is 24.6 Å². The van der Waals surface area contributed by atoms with E-state index in [1.54, 1.807) is 21.9 Å². The van der Waals surface area contributed by atoms with Crippen molar-refractivity contribution in [1.82, 2.24) is 19.8 Å². The maximum Gasteiger partial charge on any atom is 0.320 e. The second kappa shape index (κ2) is 8.57. The van der Waals surface area contributed by atoms with E-state index in [1.165, 1.54) is 6.07 Å². The third-order valence-electron chi connectivity index (χ3n) is 6.23. The van der Waals surface area contributed by atoms with E-state index in [0.717, 1.165) is 5.56 Å². The standard InChI is InChI=1S/C22H24ClF2N5O3/c1-13(14-3-2-4-16-18(14)33-8-5-22(16,24)25)26-19-15-11-30(12-17(15)27-20(23)28-19)21(31)29-6-9-32-10-7-29/h2-4,13H,5-12H2,1H3,(H,26,27,28)/t13-/m1/s1. The fraction of sp³-hybridized carbons (Fsp3) is 0.500. The first-order chi connectivity index (χ1) is 15.8. The first kappa shape index (κ1) is 22.1. The Bertz CT molecular complexity index is 1080. The van der Waals surface area contributed by atoms with Crippen LogP contribution in [0.1, 0.15) is 41.8 Å². The number of carbonyl (C=O) groups is 1. The summed E-state index contributed by atoms with van der Waals surface area (Å²) in [6.07, 6.45) is -0.340. The lowest BCUT2D eigenvalue weighted by Gasteiger charge is -2.30. The summed E-state index contributed by atoms with van der Waals surface area (Å²) in [5.74, 6) is -2.24. The number of benzene rings is 1. The molecule has 3 aliphatic rings. The summed E-state index contributed by atoms with van der Waals surface area (Å²) in [5, 5.41) is 3.34. The highest BCUT2D eigenvalue weighted by Crippen LogP contribution is 2.45. The Morgan fingerprint density at radius 2 is 1.97 bits per heavy atom. The predicted molar refractivity (Wildman–Crippen MR) is 117 cm³/mol. The number of alkyl halides is 2. The molecule has 33 heavy (non-hydrogen) atoms. The summed E-state index contributed by atoms with van der Waals surface area (Å²) in [7, 11) is 0. The van der Waals surface area contributed by atoms with E-state index in [-0.39, 0.29) is 35.7 Å². The fourth-order valence-corrected chi connectivity index (χ4v) is 4.66. The molecule has 8 nitrogen and oxygen atoms in total. The van der Waals surface area contributed by atoms with Gasteiger partial charge in [-0.15, -0.1) is 0 Å². The van der Waals surface area contributed by atoms with Gasteiger partial charge in [0.2, 0.25) is 5.28 Å². The van der Waals surface area contributed by atoms with E-state index < -0.39 is 12.0 Å². The minimum Gasteiger partial charge on any atom is -0.492 e. The molecular formula is C22H24ClF2N5O3. The number of ether oxygens (including phenoxy) is 2. The van der Waals surface area contributed by atoms with Gasteiger partial charge in [0.15, 0.2) is 0 Å². The van der Waals surface area contributed by atoms with Crippen molar-refractivity contribution in [2.75, 3.05) is 38.2 Å². The molecular weight excluding hydrogens is 456 g/mol. The number of rotatable bonds is 3. The molecule has 2 aromatic rings. The largest absolute Gasteiger partial charge is 0.492 e. The number of halogens is 3. The highest BCUT2D eigenvalue weighted by molar-refractivity contribution is 6.28. The van der Waals surface area contributed by atoms with Crippen LogP contribution in [-0.2, 0) is 23.7 Å². The summed E-state index contributed by atoms with van der Waals surface area (Å²) in [5.41, 5.74) is 1.94. The second-order valence-electron chi connectivity index (χ2n) is 8.40. The van der Waals surface area contributed by atoms with Gasteiger partial charge in [-0.3, -0.25) is 0 Å². The summed E-state index contributed by atoms with van der Waals surface area (Å²) in [6, 6.07) is 4.29. The van der Waals surface area contributed by atoms with Gasteiger partial charge in [0.05, 0.1) is 56.6 Å². The average molecular weight is 480 g/mol. The maximum atomic E-state index is 14.4. The number of para-hydroxylation sites is 1. The molecule has 0 spiro atoms. The number of nitrogens with zero attached hydrogens (tertiary/aromatic N) is 4. The molecule has 0 aliphatic carbocycles. The van der Waals surface area contributed by atoms with Gasteiger partial charge in [-0.1, -0.05) is 12.1 Å². The first-order valence-corrected chi connectivity index (χ1v) is 11.3. The van der Waals surface area contributed by atoms with Crippen LogP contribution in [0.4, 0.5) is 19.4 Å². The topological polar surface area (TPSA) is 79.8 Å². The SMILES string of the molecule is C[C@@H](Nc1nc(Cl)nc2c1CN(C(=O)N1CCOCC1)C2)c1cccc2c1OCCC2(F)F. The predicted octanol–water partition coefficient (Wildman–Crippen LogP) is 3.95. The minimum atomic E-state index is -2.93. The van der Waals surface area contributed by atoms with Crippen molar-refractivity contribution in [3.05, 3.63) is 45.9 Å². The third kappa shape index (κ3) is 4.17. The van der Waals surface area contributed by atoms with Crippen molar-refractivity contribution in [2.24, 2.45) is 0 Å². The van der Waals surface area contributed by atoms with E-state index in [2.05, 4.69) is 15.3 Å².